The molecule has 1 aromatic heterocycles. The van der Waals surface area contributed by atoms with Crippen molar-refractivity contribution < 1.29 is 8.42 Å². The van der Waals surface area contributed by atoms with Crippen LogP contribution >= 0.6 is 0 Å². The molecule has 5 heteroatoms. The average Bonchev–Trinajstić information content (AvgIpc) is 2.54. The molecule has 0 spiro atoms. The quantitative estimate of drug-likeness (QED) is 0.469. The second-order valence-corrected chi connectivity index (χ2v) is 22.0. The van der Waals surface area contributed by atoms with Crippen LogP contribution in [0.25, 0.3) is 0 Å². The van der Waals surface area contributed by atoms with E-state index in [0.29, 0.717) is 4.90 Å². The molecule has 1 rings (SSSR count). The van der Waals surface area contributed by atoms with Crippen LogP contribution in [-0.4, -0.2) is 38.0 Å². The molecule has 0 amide bonds. The summed E-state index contributed by atoms with van der Waals surface area (Å²) >= 11 is -2.57. The maximum atomic E-state index is 11.9. The predicted molar refractivity (Wildman–Crippen MR) is 102 cm³/mol. The van der Waals surface area contributed by atoms with Crippen molar-refractivity contribution in [2.75, 3.05) is 6.26 Å². The summed E-state index contributed by atoms with van der Waals surface area (Å²) in [4.78, 5) is 4.72. The van der Waals surface area contributed by atoms with Crippen molar-refractivity contribution in [2.45, 2.75) is 77.5 Å². The number of sulfone groups is 1. The van der Waals surface area contributed by atoms with Crippen molar-refractivity contribution in [3.05, 3.63) is 18.5 Å². The molecule has 132 valence electrons. The molecule has 0 atom stereocenters. The van der Waals surface area contributed by atoms with Gasteiger partial charge in [0.15, 0.2) is 0 Å². The van der Waals surface area contributed by atoms with E-state index in [1.165, 1.54) is 67.9 Å². The molecule has 1 heterocycles. The third-order valence-electron chi connectivity index (χ3n) is 4.78. The van der Waals surface area contributed by atoms with Gasteiger partial charge in [-0.15, -0.1) is 0 Å². The summed E-state index contributed by atoms with van der Waals surface area (Å²) in [5.41, 5.74) is 0. The van der Waals surface area contributed by atoms with Gasteiger partial charge >= 0.3 is 147 Å². The minimum absolute atomic E-state index is 0.403. The van der Waals surface area contributed by atoms with Crippen molar-refractivity contribution in [3.63, 3.8) is 0 Å². The fourth-order valence-corrected chi connectivity index (χ4v) is 19.9. The van der Waals surface area contributed by atoms with Gasteiger partial charge in [0, 0.05) is 0 Å². The summed E-state index contributed by atoms with van der Waals surface area (Å²) in [5, 5.41) is 0. The Balaban J connectivity index is 3.28. The Labute approximate surface area is 147 Å². The maximum absolute atomic E-state index is 11.9. The van der Waals surface area contributed by atoms with E-state index >= 15 is 0 Å². The van der Waals surface area contributed by atoms with Gasteiger partial charge in [0.1, 0.15) is 0 Å². The second kappa shape index (κ2) is 10.0. The molecule has 23 heavy (non-hydrogen) atoms. The SMILES string of the molecule is CCC[CH2][Sn]([CH2]CCC)([CH2]CCC)[c]1cncc(S(C)(=O)=O)c1. The van der Waals surface area contributed by atoms with Crippen LogP contribution in [0.15, 0.2) is 23.4 Å². The van der Waals surface area contributed by atoms with Gasteiger partial charge in [-0.05, 0) is 0 Å². The Bertz CT molecular complexity index is 550. The summed E-state index contributed by atoms with van der Waals surface area (Å²) in [5.74, 6) is 0. The van der Waals surface area contributed by atoms with Crippen molar-refractivity contribution in [3.8, 4) is 0 Å². The van der Waals surface area contributed by atoms with Gasteiger partial charge in [-0.2, -0.15) is 0 Å². The zero-order valence-electron chi connectivity index (χ0n) is 15.3. The molecule has 0 radical (unpaired) electrons. The molecule has 3 nitrogen and oxygen atoms in total. The molecule has 0 unspecified atom stereocenters. The fraction of sp³-hybridized carbons (Fsp3) is 0.722. The number of nitrogens with zero attached hydrogens (tertiary/aromatic N) is 1. The third-order valence-corrected chi connectivity index (χ3v) is 21.4. The first-order valence-corrected chi connectivity index (χ1v) is 18.4. The van der Waals surface area contributed by atoms with E-state index in [4.69, 9.17) is 0 Å². The third kappa shape index (κ3) is 6.37. The van der Waals surface area contributed by atoms with Crippen molar-refractivity contribution >= 4 is 31.8 Å². The minimum atomic E-state index is -3.18. The zero-order valence-corrected chi connectivity index (χ0v) is 18.9. The molecule has 0 aliphatic carbocycles. The Kier molecular flexibility index (Phi) is 9.12. The summed E-state index contributed by atoms with van der Waals surface area (Å²) in [6.07, 6.45) is 12.3. The Morgan fingerprint density at radius 3 is 1.78 bits per heavy atom. The second-order valence-electron chi connectivity index (χ2n) is 6.77. The van der Waals surface area contributed by atoms with E-state index in [2.05, 4.69) is 25.8 Å². The monoisotopic (exact) mass is 447 g/mol. The van der Waals surface area contributed by atoms with Gasteiger partial charge in [-0.25, -0.2) is 0 Å². The van der Waals surface area contributed by atoms with E-state index in [1.807, 2.05) is 12.3 Å². The number of unbranched alkanes of at least 4 members (excludes halogenated alkanes) is 3. The molecular formula is C18H33NO2SSn. The van der Waals surface area contributed by atoms with E-state index in [1.54, 1.807) is 0 Å². The topological polar surface area (TPSA) is 47.0 Å². The van der Waals surface area contributed by atoms with Gasteiger partial charge < -0.3 is 0 Å². The standard InChI is InChI=1S/C6H6NO2S.3C4H9.Sn/c1-10(8,9)6-3-2-4-7-5-6;3*1-3-4-2;/h3-5H,1H3;3*1,3-4H2,2H3;. The summed E-state index contributed by atoms with van der Waals surface area (Å²) in [6.45, 7) is 6.75. The molecule has 0 bridgehead atoms. The van der Waals surface area contributed by atoms with Crippen molar-refractivity contribution in [2.24, 2.45) is 0 Å². The molecule has 0 N–H and O–H groups in total. The molecule has 0 fully saturated rings. The van der Waals surface area contributed by atoms with Crippen LogP contribution in [0.3, 0.4) is 0 Å². The van der Waals surface area contributed by atoms with Crippen LogP contribution in [0.2, 0.25) is 13.3 Å². The van der Waals surface area contributed by atoms with Gasteiger partial charge in [-0.3, -0.25) is 0 Å². The summed E-state index contributed by atoms with van der Waals surface area (Å²) in [7, 11) is -3.18. The van der Waals surface area contributed by atoms with Crippen molar-refractivity contribution in [1.29, 1.82) is 0 Å². The molecule has 0 saturated carbocycles. The molecule has 0 aliphatic rings. The van der Waals surface area contributed by atoms with Crippen LogP contribution < -0.4 is 3.58 Å². The number of hydrogen-bond donors (Lipinski definition) is 0. The molecule has 1 aromatic rings. The van der Waals surface area contributed by atoms with Crippen LogP contribution in [0.4, 0.5) is 0 Å². The van der Waals surface area contributed by atoms with Gasteiger partial charge in [0.2, 0.25) is 0 Å². The predicted octanol–water partition coefficient (Wildman–Crippen LogP) is 4.54. The van der Waals surface area contributed by atoms with Crippen molar-refractivity contribution in [1.82, 2.24) is 4.98 Å². The van der Waals surface area contributed by atoms with E-state index in [9.17, 15) is 8.42 Å². The van der Waals surface area contributed by atoms with Gasteiger partial charge in [0.05, 0.1) is 0 Å². The number of aromatic nitrogens is 1. The van der Waals surface area contributed by atoms with Gasteiger partial charge in [0.25, 0.3) is 0 Å². The Hall–Kier alpha value is -0.101. The summed E-state index contributed by atoms with van der Waals surface area (Å²) in [6, 6.07) is 1.97. The number of rotatable bonds is 11. The molecule has 0 aromatic carbocycles. The number of pyridine rings is 1. The van der Waals surface area contributed by atoms with E-state index < -0.39 is 28.2 Å². The summed E-state index contributed by atoms with van der Waals surface area (Å²) < 4.78 is 29.2. The Morgan fingerprint density at radius 1 is 0.913 bits per heavy atom. The van der Waals surface area contributed by atoms with Crippen LogP contribution in [0, 0.1) is 0 Å². The first kappa shape index (κ1) is 20.9. The molecule has 0 saturated heterocycles. The van der Waals surface area contributed by atoms with Crippen LogP contribution in [-0.2, 0) is 9.84 Å². The fourth-order valence-electron chi connectivity index (χ4n) is 3.27. The average molecular weight is 446 g/mol. The normalized spacial score (nSPS) is 12.5. The van der Waals surface area contributed by atoms with Crippen LogP contribution in [0.1, 0.15) is 59.3 Å². The zero-order chi connectivity index (χ0) is 17.3. The first-order valence-electron chi connectivity index (χ1n) is 9.05. The molecule has 0 aliphatic heterocycles. The van der Waals surface area contributed by atoms with Gasteiger partial charge in [-0.1, -0.05) is 0 Å². The first-order chi connectivity index (χ1) is 10.9. The van der Waals surface area contributed by atoms with E-state index in [-0.39, 0.29) is 0 Å². The number of hydrogen-bond acceptors (Lipinski definition) is 3. The molecular weight excluding hydrogens is 413 g/mol. The Morgan fingerprint density at radius 2 is 1.39 bits per heavy atom. The van der Waals surface area contributed by atoms with E-state index in [0.717, 1.165) is 0 Å². The van der Waals surface area contributed by atoms with Crippen LogP contribution in [0.5, 0.6) is 0 Å².